The molecule has 1 atom stereocenters. The van der Waals surface area contributed by atoms with Gasteiger partial charge in [0.05, 0.1) is 0 Å². The summed E-state index contributed by atoms with van der Waals surface area (Å²) in [7, 11) is 0. The molecule has 0 amide bonds. The van der Waals surface area contributed by atoms with Crippen LogP contribution in [0.3, 0.4) is 0 Å². The van der Waals surface area contributed by atoms with E-state index in [1.165, 1.54) is 19.3 Å². The van der Waals surface area contributed by atoms with Gasteiger partial charge in [-0.25, -0.2) is 0 Å². The zero-order valence-electron chi connectivity index (χ0n) is 6.18. The highest BCUT2D eigenvalue weighted by Gasteiger charge is 2.08. The molecule has 0 nitrogen and oxygen atoms in total. The Morgan fingerprint density at radius 1 is 1.67 bits per heavy atom. The van der Waals surface area contributed by atoms with Crippen LogP contribution in [0.4, 0.5) is 0 Å². The fourth-order valence-corrected chi connectivity index (χ4v) is 1.96. The van der Waals surface area contributed by atoms with Crippen LogP contribution in [0.2, 0.25) is 0 Å². The van der Waals surface area contributed by atoms with E-state index in [0.29, 0.717) is 0 Å². The molecule has 0 aliphatic heterocycles. The normalized spacial score (nSPS) is 27.8. The molecule has 1 aliphatic carbocycles. The molecule has 0 spiro atoms. The minimum Gasteiger partial charge on any atom is -0.134 e. The van der Waals surface area contributed by atoms with E-state index in [9.17, 15) is 0 Å². The van der Waals surface area contributed by atoms with Crippen LogP contribution in [0.5, 0.6) is 0 Å². The van der Waals surface area contributed by atoms with Gasteiger partial charge < -0.3 is 0 Å². The van der Waals surface area contributed by atoms with Gasteiger partial charge in [0.25, 0.3) is 0 Å². The maximum absolute atomic E-state index is 2.38. The van der Waals surface area contributed by atoms with Crippen LogP contribution in [-0.2, 0) is 0 Å². The Morgan fingerprint density at radius 2 is 2.44 bits per heavy atom. The standard InChI is InChI=1S/C8H14S/c1-7-4-3-5-8(6-7)9-2/h5,7H,3-4,6H2,1-2H3. The van der Waals surface area contributed by atoms with Crippen LogP contribution in [0.25, 0.3) is 0 Å². The van der Waals surface area contributed by atoms with E-state index in [1.54, 1.807) is 4.91 Å². The Balaban J connectivity index is 2.43. The predicted molar refractivity (Wildman–Crippen MR) is 44.6 cm³/mol. The van der Waals surface area contributed by atoms with Crippen molar-refractivity contribution in [3.8, 4) is 0 Å². The average molecular weight is 142 g/mol. The van der Waals surface area contributed by atoms with Gasteiger partial charge in [0.15, 0.2) is 0 Å². The lowest BCUT2D eigenvalue weighted by atomic mass is 9.96. The number of allylic oxidation sites excluding steroid dienone is 2. The third-order valence-electron chi connectivity index (χ3n) is 1.84. The summed E-state index contributed by atoms with van der Waals surface area (Å²) < 4.78 is 0. The quantitative estimate of drug-likeness (QED) is 0.542. The SMILES string of the molecule is CSC1=CCCC(C)C1. The van der Waals surface area contributed by atoms with E-state index in [1.807, 2.05) is 11.8 Å². The molecule has 0 fully saturated rings. The van der Waals surface area contributed by atoms with Gasteiger partial charge in [-0.05, 0) is 36.3 Å². The molecule has 1 heteroatoms. The molecule has 0 N–H and O–H groups in total. The zero-order chi connectivity index (χ0) is 6.69. The first-order valence-corrected chi connectivity index (χ1v) is 4.78. The summed E-state index contributed by atoms with van der Waals surface area (Å²) in [6.07, 6.45) is 8.57. The van der Waals surface area contributed by atoms with Crippen LogP contribution in [0.15, 0.2) is 11.0 Å². The summed E-state index contributed by atoms with van der Waals surface area (Å²) in [6.45, 7) is 2.34. The van der Waals surface area contributed by atoms with Crippen molar-refractivity contribution in [3.05, 3.63) is 11.0 Å². The van der Waals surface area contributed by atoms with Gasteiger partial charge in [0.2, 0.25) is 0 Å². The first-order valence-electron chi connectivity index (χ1n) is 3.56. The second-order valence-corrected chi connectivity index (χ2v) is 3.69. The Morgan fingerprint density at radius 3 is 2.89 bits per heavy atom. The third kappa shape index (κ3) is 2.05. The molecular formula is C8H14S. The maximum Gasteiger partial charge on any atom is -0.0140 e. The lowest BCUT2D eigenvalue weighted by Gasteiger charge is -2.16. The number of thioether (sulfide) groups is 1. The monoisotopic (exact) mass is 142 g/mol. The Labute approximate surface area is 61.7 Å². The number of rotatable bonds is 1. The summed E-state index contributed by atoms with van der Waals surface area (Å²) in [6, 6.07) is 0. The van der Waals surface area contributed by atoms with Gasteiger partial charge in [-0.3, -0.25) is 0 Å². The largest absolute Gasteiger partial charge is 0.134 e. The molecule has 0 aromatic heterocycles. The molecule has 0 saturated carbocycles. The number of hydrogen-bond acceptors (Lipinski definition) is 1. The lowest BCUT2D eigenvalue weighted by molar-refractivity contribution is 0.522. The Bertz CT molecular complexity index is 116. The minimum atomic E-state index is 0.928. The van der Waals surface area contributed by atoms with E-state index in [2.05, 4.69) is 19.3 Å². The van der Waals surface area contributed by atoms with E-state index in [4.69, 9.17) is 0 Å². The van der Waals surface area contributed by atoms with Crippen LogP contribution in [-0.4, -0.2) is 6.26 Å². The Kier molecular flexibility index (Phi) is 2.65. The molecule has 0 aromatic rings. The topological polar surface area (TPSA) is 0 Å². The number of hydrogen-bond donors (Lipinski definition) is 0. The molecule has 1 unspecified atom stereocenters. The van der Waals surface area contributed by atoms with Crippen LogP contribution < -0.4 is 0 Å². The average Bonchev–Trinajstić information content (AvgIpc) is 1.88. The van der Waals surface area contributed by atoms with Crippen molar-refractivity contribution in [3.63, 3.8) is 0 Å². The summed E-state index contributed by atoms with van der Waals surface area (Å²) >= 11 is 1.91. The molecule has 0 saturated heterocycles. The molecule has 52 valence electrons. The van der Waals surface area contributed by atoms with Gasteiger partial charge in [0, 0.05) is 0 Å². The smallest absolute Gasteiger partial charge is 0.0140 e. The summed E-state index contributed by atoms with van der Waals surface area (Å²) in [4.78, 5) is 1.59. The van der Waals surface area contributed by atoms with E-state index in [0.717, 1.165) is 5.92 Å². The van der Waals surface area contributed by atoms with Gasteiger partial charge >= 0.3 is 0 Å². The molecule has 1 aliphatic rings. The van der Waals surface area contributed by atoms with Crippen molar-refractivity contribution < 1.29 is 0 Å². The molecule has 1 rings (SSSR count). The third-order valence-corrected chi connectivity index (χ3v) is 2.70. The molecule has 0 aromatic carbocycles. The van der Waals surface area contributed by atoms with E-state index in [-0.39, 0.29) is 0 Å². The molecular weight excluding hydrogens is 128 g/mol. The van der Waals surface area contributed by atoms with Crippen LogP contribution >= 0.6 is 11.8 Å². The minimum absolute atomic E-state index is 0.928. The summed E-state index contributed by atoms with van der Waals surface area (Å²) in [5, 5.41) is 0. The fourth-order valence-electron chi connectivity index (χ4n) is 1.22. The van der Waals surface area contributed by atoms with Crippen molar-refractivity contribution in [1.29, 1.82) is 0 Å². The van der Waals surface area contributed by atoms with Gasteiger partial charge in [-0.15, -0.1) is 11.8 Å². The predicted octanol–water partition coefficient (Wildman–Crippen LogP) is 3.05. The molecule has 0 heterocycles. The van der Waals surface area contributed by atoms with Crippen LogP contribution in [0, 0.1) is 5.92 Å². The van der Waals surface area contributed by atoms with Crippen molar-refractivity contribution in [2.75, 3.05) is 6.26 Å². The van der Waals surface area contributed by atoms with E-state index < -0.39 is 0 Å². The Hall–Kier alpha value is 0.0900. The van der Waals surface area contributed by atoms with Crippen LogP contribution in [0.1, 0.15) is 26.2 Å². The first-order chi connectivity index (χ1) is 4.33. The van der Waals surface area contributed by atoms with Crippen molar-refractivity contribution in [2.45, 2.75) is 26.2 Å². The maximum atomic E-state index is 2.38. The second-order valence-electron chi connectivity index (χ2n) is 2.76. The molecule has 0 bridgehead atoms. The second kappa shape index (κ2) is 3.31. The molecule has 9 heavy (non-hydrogen) atoms. The van der Waals surface area contributed by atoms with Crippen molar-refractivity contribution >= 4 is 11.8 Å². The van der Waals surface area contributed by atoms with Crippen molar-refractivity contribution in [1.82, 2.24) is 0 Å². The van der Waals surface area contributed by atoms with Gasteiger partial charge in [-0.1, -0.05) is 13.0 Å². The summed E-state index contributed by atoms with van der Waals surface area (Å²) in [5.41, 5.74) is 0. The first kappa shape index (κ1) is 7.20. The highest BCUT2D eigenvalue weighted by Crippen LogP contribution is 2.29. The lowest BCUT2D eigenvalue weighted by Crippen LogP contribution is -1.99. The van der Waals surface area contributed by atoms with Crippen molar-refractivity contribution in [2.24, 2.45) is 5.92 Å². The molecule has 0 radical (unpaired) electrons. The van der Waals surface area contributed by atoms with Gasteiger partial charge in [-0.2, -0.15) is 0 Å². The highest BCUT2D eigenvalue weighted by atomic mass is 32.2. The van der Waals surface area contributed by atoms with E-state index >= 15 is 0 Å². The highest BCUT2D eigenvalue weighted by molar-refractivity contribution is 8.02. The van der Waals surface area contributed by atoms with Gasteiger partial charge in [0.1, 0.15) is 0 Å². The fraction of sp³-hybridized carbons (Fsp3) is 0.750. The summed E-state index contributed by atoms with van der Waals surface area (Å²) in [5.74, 6) is 0.928. The zero-order valence-corrected chi connectivity index (χ0v) is 7.00.